The van der Waals surface area contributed by atoms with Crippen LogP contribution >= 0.6 is 11.8 Å². The Morgan fingerprint density at radius 2 is 2.00 bits per heavy atom. The van der Waals surface area contributed by atoms with Crippen molar-refractivity contribution < 1.29 is 33.9 Å². The smallest absolute Gasteiger partial charge is 0.480 e. The molecule has 1 amide bonds. The normalized spacial score (nSPS) is 19.8. The summed E-state index contributed by atoms with van der Waals surface area (Å²) in [6.07, 6.45) is -0.0342. The standard InChI is InChI=1S/C16H18N2O8S/c1-9(13-14(21)17(7-12(19)20)15(13)27-2)26-16(22)25-8-10-3-5-11(6-4-10)18(23)24/h3-6,9,13,15H,7-8H2,1-2H3,(H,19,20). The number of amides is 1. The third kappa shape index (κ3) is 4.88. The van der Waals surface area contributed by atoms with Gasteiger partial charge in [-0.05, 0) is 30.9 Å². The van der Waals surface area contributed by atoms with Gasteiger partial charge in [-0.1, -0.05) is 0 Å². The van der Waals surface area contributed by atoms with Gasteiger partial charge in [-0.25, -0.2) is 4.79 Å². The number of aliphatic carboxylic acids is 1. The van der Waals surface area contributed by atoms with Crippen LogP contribution in [0.2, 0.25) is 0 Å². The number of ether oxygens (including phenoxy) is 2. The zero-order chi connectivity index (χ0) is 20.1. The van der Waals surface area contributed by atoms with E-state index in [1.54, 1.807) is 6.26 Å². The molecule has 0 aliphatic carbocycles. The summed E-state index contributed by atoms with van der Waals surface area (Å²) >= 11 is 1.30. The van der Waals surface area contributed by atoms with Crippen LogP contribution in [0.1, 0.15) is 12.5 Å². The van der Waals surface area contributed by atoms with Gasteiger partial charge in [-0.15, -0.1) is 11.8 Å². The van der Waals surface area contributed by atoms with E-state index in [0.717, 1.165) is 0 Å². The Morgan fingerprint density at radius 1 is 1.37 bits per heavy atom. The number of carboxylic acids is 1. The van der Waals surface area contributed by atoms with Crippen molar-refractivity contribution in [3.63, 3.8) is 0 Å². The molecule has 11 heteroatoms. The van der Waals surface area contributed by atoms with E-state index in [9.17, 15) is 24.5 Å². The largest absolute Gasteiger partial charge is 0.508 e. The molecule has 3 atom stereocenters. The summed E-state index contributed by atoms with van der Waals surface area (Å²) in [4.78, 5) is 46.0. The summed E-state index contributed by atoms with van der Waals surface area (Å²) in [7, 11) is 0. The van der Waals surface area contributed by atoms with Gasteiger partial charge < -0.3 is 19.5 Å². The summed E-state index contributed by atoms with van der Waals surface area (Å²) in [5.41, 5.74) is 0.465. The number of likely N-dealkylation sites (tertiary alicyclic amines) is 1. The molecule has 146 valence electrons. The number of non-ortho nitro benzene ring substituents is 1. The quantitative estimate of drug-likeness (QED) is 0.301. The van der Waals surface area contributed by atoms with Gasteiger partial charge in [0.05, 0.1) is 10.3 Å². The lowest BCUT2D eigenvalue weighted by atomic mass is 9.92. The Kier molecular flexibility index (Phi) is 6.61. The van der Waals surface area contributed by atoms with Crippen molar-refractivity contribution in [1.29, 1.82) is 0 Å². The first-order chi connectivity index (χ1) is 12.7. The number of nitrogens with zero attached hydrogens (tertiary/aromatic N) is 2. The molecular weight excluding hydrogens is 380 g/mol. The molecule has 0 saturated carbocycles. The number of carbonyl (C=O) groups excluding carboxylic acids is 2. The van der Waals surface area contributed by atoms with E-state index in [0.29, 0.717) is 5.56 Å². The first kappa shape index (κ1) is 20.5. The maximum absolute atomic E-state index is 12.1. The fraction of sp³-hybridized carbons (Fsp3) is 0.438. The lowest BCUT2D eigenvalue weighted by Gasteiger charge is -2.47. The molecule has 1 aromatic carbocycles. The second-order valence-corrected chi connectivity index (χ2v) is 6.75. The van der Waals surface area contributed by atoms with Gasteiger partial charge in [0.2, 0.25) is 5.91 Å². The Balaban J connectivity index is 1.85. The van der Waals surface area contributed by atoms with Crippen LogP contribution < -0.4 is 0 Å². The molecule has 1 aromatic rings. The minimum absolute atomic E-state index is 0.0764. The predicted octanol–water partition coefficient (Wildman–Crippen LogP) is 1.87. The van der Waals surface area contributed by atoms with E-state index in [4.69, 9.17) is 14.6 Å². The number of nitro benzene ring substituents is 1. The molecule has 1 heterocycles. The average molecular weight is 398 g/mol. The number of hydrogen-bond acceptors (Lipinski definition) is 8. The topological polar surface area (TPSA) is 136 Å². The van der Waals surface area contributed by atoms with Gasteiger partial charge in [0.15, 0.2) is 0 Å². The molecule has 2 rings (SSSR count). The van der Waals surface area contributed by atoms with Gasteiger partial charge in [-0.2, -0.15) is 0 Å². The lowest BCUT2D eigenvalue weighted by molar-refractivity contribution is -0.384. The van der Waals surface area contributed by atoms with E-state index in [2.05, 4.69) is 0 Å². The van der Waals surface area contributed by atoms with Crippen molar-refractivity contribution in [3.05, 3.63) is 39.9 Å². The number of hydrogen-bond donors (Lipinski definition) is 1. The molecule has 0 bridgehead atoms. The van der Waals surface area contributed by atoms with Crippen LogP contribution in [0, 0.1) is 16.0 Å². The number of carboxylic acid groups (broad SMARTS) is 1. The molecule has 1 N–H and O–H groups in total. The van der Waals surface area contributed by atoms with Crippen LogP contribution in [0.3, 0.4) is 0 Å². The second-order valence-electron chi connectivity index (χ2n) is 5.80. The highest BCUT2D eigenvalue weighted by atomic mass is 32.2. The van der Waals surface area contributed by atoms with Crippen LogP contribution in [-0.4, -0.2) is 57.2 Å². The molecular formula is C16H18N2O8S. The predicted molar refractivity (Wildman–Crippen MR) is 94.0 cm³/mol. The summed E-state index contributed by atoms with van der Waals surface area (Å²) in [5, 5.41) is 19.0. The molecule has 10 nitrogen and oxygen atoms in total. The van der Waals surface area contributed by atoms with E-state index >= 15 is 0 Å². The summed E-state index contributed by atoms with van der Waals surface area (Å²) in [6.45, 7) is 0.994. The van der Waals surface area contributed by atoms with Crippen LogP contribution in [0.15, 0.2) is 24.3 Å². The number of carbonyl (C=O) groups is 3. The number of nitro groups is 1. The highest BCUT2D eigenvalue weighted by molar-refractivity contribution is 7.99. The Morgan fingerprint density at radius 3 is 2.52 bits per heavy atom. The monoisotopic (exact) mass is 398 g/mol. The van der Waals surface area contributed by atoms with Gasteiger partial charge in [-0.3, -0.25) is 19.7 Å². The first-order valence-corrected chi connectivity index (χ1v) is 9.15. The van der Waals surface area contributed by atoms with Gasteiger partial charge in [0, 0.05) is 12.1 Å². The fourth-order valence-electron chi connectivity index (χ4n) is 2.69. The average Bonchev–Trinajstić information content (AvgIpc) is 2.62. The maximum Gasteiger partial charge on any atom is 0.508 e. The zero-order valence-corrected chi connectivity index (χ0v) is 15.4. The van der Waals surface area contributed by atoms with E-state index in [-0.39, 0.29) is 12.3 Å². The van der Waals surface area contributed by atoms with Crippen molar-refractivity contribution in [2.75, 3.05) is 12.8 Å². The Hall–Kier alpha value is -2.82. The molecule has 27 heavy (non-hydrogen) atoms. The van der Waals surface area contributed by atoms with E-state index in [1.807, 2.05) is 0 Å². The summed E-state index contributed by atoms with van der Waals surface area (Å²) in [6, 6.07) is 5.50. The molecule has 1 saturated heterocycles. The molecule has 0 spiro atoms. The molecule has 1 aliphatic rings. The molecule has 1 fully saturated rings. The third-order valence-electron chi connectivity index (χ3n) is 4.02. The Bertz CT molecular complexity index is 738. The zero-order valence-electron chi connectivity index (χ0n) is 14.6. The maximum atomic E-state index is 12.1. The minimum atomic E-state index is -1.11. The van der Waals surface area contributed by atoms with E-state index < -0.39 is 46.9 Å². The minimum Gasteiger partial charge on any atom is -0.480 e. The van der Waals surface area contributed by atoms with Gasteiger partial charge in [0.25, 0.3) is 5.69 Å². The third-order valence-corrected chi connectivity index (χ3v) is 5.05. The number of β-lactam (4-membered cyclic amide) rings is 1. The van der Waals surface area contributed by atoms with Gasteiger partial charge in [0.1, 0.15) is 25.2 Å². The van der Waals surface area contributed by atoms with Crippen LogP contribution in [-0.2, 0) is 25.7 Å². The lowest BCUT2D eigenvalue weighted by Crippen LogP contribution is -2.64. The Labute approximate surface area is 158 Å². The van der Waals surface area contributed by atoms with Crippen molar-refractivity contribution in [2.45, 2.75) is 25.0 Å². The van der Waals surface area contributed by atoms with Crippen molar-refractivity contribution in [3.8, 4) is 0 Å². The first-order valence-electron chi connectivity index (χ1n) is 7.86. The van der Waals surface area contributed by atoms with Crippen LogP contribution in [0.5, 0.6) is 0 Å². The van der Waals surface area contributed by atoms with Crippen LogP contribution in [0.4, 0.5) is 10.5 Å². The molecule has 0 radical (unpaired) electrons. The van der Waals surface area contributed by atoms with Crippen molar-refractivity contribution >= 4 is 35.5 Å². The highest BCUT2D eigenvalue weighted by Crippen LogP contribution is 2.37. The number of thioether (sulfide) groups is 1. The second kappa shape index (κ2) is 8.71. The van der Waals surface area contributed by atoms with E-state index in [1.165, 1.54) is 47.9 Å². The molecule has 0 aromatic heterocycles. The number of rotatable bonds is 8. The molecule has 1 aliphatic heterocycles. The summed E-state index contributed by atoms with van der Waals surface area (Å²) in [5.74, 6) is -2.16. The molecule has 3 unspecified atom stereocenters. The SMILES string of the molecule is CSC1C(C(C)OC(=O)OCc2ccc([N+](=O)[O-])cc2)C(=O)N1CC(=O)O. The highest BCUT2D eigenvalue weighted by Gasteiger charge is 2.51. The van der Waals surface area contributed by atoms with Crippen molar-refractivity contribution in [1.82, 2.24) is 4.90 Å². The summed E-state index contributed by atoms with van der Waals surface area (Å²) < 4.78 is 10.1. The number of benzene rings is 1. The van der Waals surface area contributed by atoms with Crippen molar-refractivity contribution in [2.24, 2.45) is 5.92 Å². The fourth-order valence-corrected chi connectivity index (χ4v) is 3.75. The van der Waals surface area contributed by atoms with Crippen LogP contribution in [0.25, 0.3) is 0 Å². The van der Waals surface area contributed by atoms with Gasteiger partial charge >= 0.3 is 12.1 Å².